The molecular weight excluding hydrogens is 376 g/mol. The number of benzene rings is 1. The Morgan fingerprint density at radius 2 is 1.89 bits per heavy atom. The van der Waals surface area contributed by atoms with E-state index in [2.05, 4.69) is 10.3 Å². The van der Waals surface area contributed by atoms with Crippen molar-refractivity contribution in [2.45, 2.75) is 30.4 Å². The summed E-state index contributed by atoms with van der Waals surface area (Å²) >= 11 is 3.19. The highest BCUT2D eigenvalue weighted by atomic mass is 32.2. The smallest absolute Gasteiger partial charge is 0.224 e. The van der Waals surface area contributed by atoms with Gasteiger partial charge in [-0.3, -0.25) is 14.6 Å². The third-order valence-corrected chi connectivity index (χ3v) is 5.99. The van der Waals surface area contributed by atoms with Crippen molar-refractivity contribution < 1.29 is 9.59 Å². The van der Waals surface area contributed by atoms with Crippen LogP contribution in [0.2, 0.25) is 0 Å². The second kappa shape index (κ2) is 9.48. The highest BCUT2D eigenvalue weighted by molar-refractivity contribution is 7.98. The number of thiophene rings is 1. The van der Waals surface area contributed by atoms with Crippen LogP contribution in [0.3, 0.4) is 0 Å². The summed E-state index contributed by atoms with van der Waals surface area (Å²) in [6.07, 6.45) is 4.04. The first kappa shape index (κ1) is 19.3. The second-order valence-corrected chi connectivity index (χ2v) is 8.39. The standard InChI is InChI=1S/C21H20N2O2S2/c1-15-4-10-20(27-15)19(24)9-11-21(25)23-17-5-7-18(8-6-17)26-14-16-3-2-12-22-13-16/h2-8,10,12-13H,9,11,14H2,1H3,(H,23,25). The van der Waals surface area contributed by atoms with Crippen molar-refractivity contribution in [1.29, 1.82) is 0 Å². The highest BCUT2D eigenvalue weighted by Crippen LogP contribution is 2.24. The van der Waals surface area contributed by atoms with Crippen molar-refractivity contribution in [3.8, 4) is 0 Å². The first-order valence-electron chi connectivity index (χ1n) is 8.61. The van der Waals surface area contributed by atoms with E-state index in [0.29, 0.717) is 0 Å². The van der Waals surface area contributed by atoms with Crippen molar-refractivity contribution in [2.75, 3.05) is 5.32 Å². The van der Waals surface area contributed by atoms with Crippen LogP contribution in [-0.2, 0) is 10.5 Å². The maximum absolute atomic E-state index is 12.1. The van der Waals surface area contributed by atoms with E-state index in [1.54, 1.807) is 18.0 Å². The van der Waals surface area contributed by atoms with E-state index in [1.807, 2.05) is 61.7 Å². The van der Waals surface area contributed by atoms with E-state index < -0.39 is 0 Å². The van der Waals surface area contributed by atoms with Gasteiger partial charge in [0.05, 0.1) is 4.88 Å². The van der Waals surface area contributed by atoms with Gasteiger partial charge < -0.3 is 5.32 Å². The lowest BCUT2D eigenvalue weighted by atomic mass is 10.2. The second-order valence-electron chi connectivity index (χ2n) is 6.06. The molecule has 0 aliphatic heterocycles. The predicted molar refractivity (Wildman–Crippen MR) is 111 cm³/mol. The van der Waals surface area contributed by atoms with Crippen LogP contribution in [0.5, 0.6) is 0 Å². The Labute approximate surface area is 167 Å². The molecule has 3 rings (SSSR count). The molecular formula is C21H20N2O2S2. The van der Waals surface area contributed by atoms with Crippen molar-refractivity contribution >= 4 is 40.5 Å². The molecule has 0 aliphatic rings. The van der Waals surface area contributed by atoms with Gasteiger partial charge in [0.15, 0.2) is 5.78 Å². The van der Waals surface area contributed by atoms with Crippen LogP contribution in [0.4, 0.5) is 5.69 Å². The molecule has 0 aliphatic carbocycles. The Balaban J connectivity index is 1.44. The molecule has 138 valence electrons. The van der Waals surface area contributed by atoms with Crippen LogP contribution < -0.4 is 5.32 Å². The molecule has 0 fully saturated rings. The largest absolute Gasteiger partial charge is 0.326 e. The number of hydrogen-bond donors (Lipinski definition) is 1. The number of nitrogens with zero attached hydrogens (tertiary/aromatic N) is 1. The number of Topliss-reactive ketones (excluding diaryl/α,β-unsaturated/α-hetero) is 1. The molecule has 1 aromatic carbocycles. The van der Waals surface area contributed by atoms with Crippen LogP contribution in [0.1, 0.15) is 33.0 Å². The van der Waals surface area contributed by atoms with Gasteiger partial charge in [0.25, 0.3) is 0 Å². The molecule has 0 saturated carbocycles. The Morgan fingerprint density at radius 3 is 2.56 bits per heavy atom. The van der Waals surface area contributed by atoms with Gasteiger partial charge in [-0.05, 0) is 55.0 Å². The van der Waals surface area contributed by atoms with Gasteiger partial charge in [0, 0.05) is 46.4 Å². The monoisotopic (exact) mass is 396 g/mol. The maximum atomic E-state index is 12.1. The number of nitrogens with one attached hydrogen (secondary N) is 1. The molecule has 0 atom stereocenters. The van der Waals surface area contributed by atoms with Crippen LogP contribution in [-0.4, -0.2) is 16.7 Å². The van der Waals surface area contributed by atoms with Gasteiger partial charge in [0.1, 0.15) is 0 Å². The van der Waals surface area contributed by atoms with E-state index in [1.165, 1.54) is 16.9 Å². The quantitative estimate of drug-likeness (QED) is 0.412. The predicted octanol–water partition coefficient (Wildman–Crippen LogP) is 5.35. The van der Waals surface area contributed by atoms with E-state index in [-0.39, 0.29) is 24.5 Å². The van der Waals surface area contributed by atoms with Gasteiger partial charge in [-0.15, -0.1) is 23.1 Å². The summed E-state index contributed by atoms with van der Waals surface area (Å²) in [4.78, 5) is 31.2. The lowest BCUT2D eigenvalue weighted by Gasteiger charge is -2.06. The number of thioether (sulfide) groups is 1. The first-order chi connectivity index (χ1) is 13.1. The molecule has 1 N–H and O–H groups in total. The van der Waals surface area contributed by atoms with Gasteiger partial charge >= 0.3 is 0 Å². The van der Waals surface area contributed by atoms with Gasteiger partial charge in [-0.1, -0.05) is 6.07 Å². The Morgan fingerprint density at radius 1 is 1.07 bits per heavy atom. The molecule has 0 saturated heterocycles. The summed E-state index contributed by atoms with van der Waals surface area (Å²) in [5.41, 5.74) is 1.91. The van der Waals surface area contributed by atoms with Crippen molar-refractivity contribution in [1.82, 2.24) is 4.98 Å². The molecule has 2 heterocycles. The lowest BCUT2D eigenvalue weighted by Crippen LogP contribution is -2.13. The van der Waals surface area contributed by atoms with Crippen molar-refractivity contribution in [3.05, 3.63) is 76.2 Å². The van der Waals surface area contributed by atoms with Crippen molar-refractivity contribution in [2.24, 2.45) is 0 Å². The van der Waals surface area contributed by atoms with Crippen LogP contribution in [0, 0.1) is 6.92 Å². The number of anilines is 1. The topological polar surface area (TPSA) is 59.1 Å². The third kappa shape index (κ3) is 6.05. The number of hydrogen-bond acceptors (Lipinski definition) is 5. The van der Waals surface area contributed by atoms with E-state index in [9.17, 15) is 9.59 Å². The number of amides is 1. The fourth-order valence-electron chi connectivity index (χ4n) is 2.44. The number of carbonyl (C=O) groups excluding carboxylic acids is 2. The minimum absolute atomic E-state index is 0.0189. The average Bonchev–Trinajstić information content (AvgIpc) is 3.13. The highest BCUT2D eigenvalue weighted by Gasteiger charge is 2.11. The SMILES string of the molecule is Cc1ccc(C(=O)CCC(=O)Nc2ccc(SCc3cccnc3)cc2)s1. The third-order valence-electron chi connectivity index (χ3n) is 3.86. The van der Waals surface area contributed by atoms with Gasteiger partial charge in [-0.25, -0.2) is 0 Å². The Bertz CT molecular complexity index is 905. The zero-order valence-corrected chi connectivity index (χ0v) is 16.6. The van der Waals surface area contributed by atoms with E-state index >= 15 is 0 Å². The average molecular weight is 397 g/mol. The fourth-order valence-corrected chi connectivity index (χ4v) is 4.11. The number of carbonyl (C=O) groups is 2. The molecule has 0 unspecified atom stereocenters. The molecule has 0 bridgehead atoms. The van der Waals surface area contributed by atoms with Crippen molar-refractivity contribution in [3.63, 3.8) is 0 Å². The minimum atomic E-state index is -0.146. The zero-order valence-electron chi connectivity index (χ0n) is 15.0. The summed E-state index contributed by atoms with van der Waals surface area (Å²) in [6.45, 7) is 1.97. The number of aromatic nitrogens is 1. The van der Waals surface area contributed by atoms with E-state index in [4.69, 9.17) is 0 Å². The number of aryl methyl sites for hydroxylation is 1. The Kier molecular flexibility index (Phi) is 6.79. The van der Waals surface area contributed by atoms with Gasteiger partial charge in [0.2, 0.25) is 5.91 Å². The van der Waals surface area contributed by atoms with Crippen LogP contribution >= 0.6 is 23.1 Å². The molecule has 0 radical (unpaired) electrons. The fraction of sp³-hybridized carbons (Fsp3) is 0.190. The minimum Gasteiger partial charge on any atom is -0.326 e. The summed E-state index contributed by atoms with van der Waals surface area (Å²) in [5.74, 6) is 0.724. The summed E-state index contributed by atoms with van der Waals surface area (Å²) in [6, 6.07) is 15.5. The Hall–Kier alpha value is -2.44. The molecule has 2 aromatic heterocycles. The molecule has 6 heteroatoms. The normalized spacial score (nSPS) is 10.6. The molecule has 0 spiro atoms. The number of ketones is 1. The molecule has 3 aromatic rings. The first-order valence-corrected chi connectivity index (χ1v) is 10.4. The molecule has 27 heavy (non-hydrogen) atoms. The summed E-state index contributed by atoms with van der Waals surface area (Å²) in [7, 11) is 0. The number of rotatable bonds is 8. The molecule has 1 amide bonds. The van der Waals surface area contributed by atoms with Crippen LogP contribution in [0.25, 0.3) is 0 Å². The maximum Gasteiger partial charge on any atom is 0.224 e. The van der Waals surface area contributed by atoms with Crippen LogP contribution in [0.15, 0.2) is 65.8 Å². The summed E-state index contributed by atoms with van der Waals surface area (Å²) in [5, 5.41) is 2.85. The van der Waals surface area contributed by atoms with E-state index in [0.717, 1.165) is 26.1 Å². The molecule has 4 nitrogen and oxygen atoms in total. The lowest BCUT2D eigenvalue weighted by molar-refractivity contribution is -0.116. The van der Waals surface area contributed by atoms with Gasteiger partial charge in [-0.2, -0.15) is 0 Å². The summed E-state index contributed by atoms with van der Waals surface area (Å²) < 4.78 is 0. The zero-order chi connectivity index (χ0) is 19.1. The number of pyridine rings is 1.